The van der Waals surface area contributed by atoms with Gasteiger partial charge in [0.15, 0.2) is 23.3 Å². The summed E-state index contributed by atoms with van der Waals surface area (Å²) < 4.78 is 10.5. The minimum Gasteiger partial charge on any atom is -0.493 e. The van der Waals surface area contributed by atoms with Crippen molar-refractivity contribution >= 4 is 51.4 Å². The standard InChI is InChI=1S/C18H17N3O5S2/c1-3-21-16(24)14(28-18(21)20-17-19-6-7-27-17)9-11-4-5-12(13(8-11)25-2)26-10-15(22)23/h4-9H,3,10H2,1-2H3,(H,22,23)/b14-9+,20-18+. The molecule has 1 aromatic heterocycles. The lowest BCUT2D eigenvalue weighted by Crippen LogP contribution is -2.28. The smallest absolute Gasteiger partial charge is 0.341 e. The first-order valence-corrected chi connectivity index (χ1v) is 9.93. The van der Waals surface area contributed by atoms with E-state index in [-0.39, 0.29) is 5.91 Å². The van der Waals surface area contributed by atoms with Crippen LogP contribution in [0, 0.1) is 0 Å². The number of ether oxygens (including phenoxy) is 2. The Morgan fingerprint density at radius 3 is 2.86 bits per heavy atom. The summed E-state index contributed by atoms with van der Waals surface area (Å²) >= 11 is 2.68. The van der Waals surface area contributed by atoms with Crippen LogP contribution >= 0.6 is 23.1 Å². The number of thiazole rings is 1. The number of carboxylic acids is 1. The lowest BCUT2D eigenvalue weighted by Gasteiger charge is -2.11. The van der Waals surface area contributed by atoms with E-state index in [2.05, 4.69) is 9.98 Å². The van der Waals surface area contributed by atoms with Crippen LogP contribution in [0.15, 0.2) is 39.7 Å². The molecule has 1 N–H and O–H groups in total. The first-order chi connectivity index (χ1) is 13.5. The number of carbonyl (C=O) groups excluding carboxylic acids is 1. The highest BCUT2D eigenvalue weighted by Gasteiger charge is 2.32. The fourth-order valence-corrected chi connectivity index (χ4v) is 4.01. The Kier molecular flexibility index (Phi) is 6.32. The topological polar surface area (TPSA) is 101 Å². The second kappa shape index (κ2) is 8.89. The van der Waals surface area contributed by atoms with Crippen LogP contribution in [0.4, 0.5) is 5.13 Å². The molecule has 146 valence electrons. The molecule has 2 aromatic rings. The van der Waals surface area contributed by atoms with Gasteiger partial charge in [0, 0.05) is 18.1 Å². The van der Waals surface area contributed by atoms with Gasteiger partial charge in [0.2, 0.25) is 5.13 Å². The molecule has 3 rings (SSSR count). The third kappa shape index (κ3) is 4.52. The Balaban J connectivity index is 1.86. The van der Waals surface area contributed by atoms with E-state index in [1.54, 1.807) is 35.4 Å². The zero-order valence-electron chi connectivity index (χ0n) is 15.1. The van der Waals surface area contributed by atoms with Gasteiger partial charge < -0.3 is 14.6 Å². The van der Waals surface area contributed by atoms with E-state index >= 15 is 0 Å². The van der Waals surface area contributed by atoms with Crippen LogP contribution in [-0.4, -0.2) is 52.3 Å². The summed E-state index contributed by atoms with van der Waals surface area (Å²) in [5.74, 6) is -0.505. The number of carbonyl (C=O) groups is 2. The molecule has 0 aliphatic carbocycles. The first kappa shape index (κ1) is 19.9. The molecule has 1 saturated heterocycles. The van der Waals surface area contributed by atoms with Gasteiger partial charge in [0.1, 0.15) is 0 Å². The Hall–Kier alpha value is -2.85. The third-order valence-corrected chi connectivity index (χ3v) is 5.32. The molecule has 0 saturated carbocycles. The van der Waals surface area contributed by atoms with E-state index in [0.29, 0.717) is 33.2 Å². The van der Waals surface area contributed by atoms with Crippen molar-refractivity contribution in [1.29, 1.82) is 0 Å². The van der Waals surface area contributed by atoms with Crippen molar-refractivity contribution < 1.29 is 24.2 Å². The van der Waals surface area contributed by atoms with Gasteiger partial charge in [-0.15, -0.1) is 11.3 Å². The highest BCUT2D eigenvalue weighted by atomic mass is 32.2. The van der Waals surface area contributed by atoms with Crippen LogP contribution in [0.2, 0.25) is 0 Å². The SMILES string of the molecule is CCN1C(=O)/C(=C\c2ccc(OCC(=O)O)c(OC)c2)S/C1=N/c1nccs1. The monoisotopic (exact) mass is 419 g/mol. The number of nitrogens with zero attached hydrogens (tertiary/aromatic N) is 3. The van der Waals surface area contributed by atoms with Gasteiger partial charge in [-0.2, -0.15) is 4.99 Å². The van der Waals surface area contributed by atoms with Crippen LogP contribution in [0.5, 0.6) is 11.5 Å². The van der Waals surface area contributed by atoms with Crippen molar-refractivity contribution in [2.75, 3.05) is 20.3 Å². The molecule has 0 radical (unpaired) electrons. The second-order valence-electron chi connectivity index (χ2n) is 5.46. The molecule has 0 spiro atoms. The quantitative estimate of drug-likeness (QED) is 0.688. The molecule has 1 aliphatic rings. The summed E-state index contributed by atoms with van der Waals surface area (Å²) in [6.07, 6.45) is 3.41. The number of amides is 1. The fraction of sp³-hybridized carbons (Fsp3) is 0.222. The zero-order valence-corrected chi connectivity index (χ0v) is 16.7. The van der Waals surface area contributed by atoms with E-state index < -0.39 is 12.6 Å². The number of methoxy groups -OCH3 is 1. The number of carboxylic acid groups (broad SMARTS) is 1. The van der Waals surface area contributed by atoms with Gasteiger partial charge in [-0.05, 0) is 42.5 Å². The number of aliphatic imine (C=N–C) groups is 1. The highest BCUT2D eigenvalue weighted by molar-refractivity contribution is 8.18. The number of likely N-dealkylation sites (N-methyl/N-ethyl adjacent to an activating group) is 1. The molecule has 0 atom stereocenters. The average molecular weight is 419 g/mol. The number of thioether (sulfide) groups is 1. The number of hydrogen-bond donors (Lipinski definition) is 1. The average Bonchev–Trinajstić information content (AvgIpc) is 3.29. The fourth-order valence-electron chi connectivity index (χ4n) is 2.41. The number of aliphatic carboxylic acids is 1. The molecular weight excluding hydrogens is 402 g/mol. The summed E-state index contributed by atoms with van der Waals surface area (Å²) in [4.78, 5) is 34.1. The molecule has 8 nitrogen and oxygen atoms in total. The van der Waals surface area contributed by atoms with Crippen molar-refractivity contribution in [3.8, 4) is 11.5 Å². The van der Waals surface area contributed by atoms with Crippen molar-refractivity contribution in [3.05, 3.63) is 40.2 Å². The summed E-state index contributed by atoms with van der Waals surface area (Å²) in [6, 6.07) is 5.03. The molecule has 1 aliphatic heterocycles. The van der Waals surface area contributed by atoms with E-state index in [1.807, 2.05) is 12.3 Å². The summed E-state index contributed by atoms with van der Waals surface area (Å²) in [6.45, 7) is 1.92. The van der Waals surface area contributed by atoms with E-state index in [1.165, 1.54) is 30.2 Å². The molecular formula is C18H17N3O5S2. The molecule has 0 bridgehead atoms. The van der Waals surface area contributed by atoms with Gasteiger partial charge >= 0.3 is 5.97 Å². The number of hydrogen-bond acceptors (Lipinski definition) is 8. The summed E-state index contributed by atoms with van der Waals surface area (Å²) in [5, 5.41) is 11.7. The van der Waals surface area contributed by atoms with Crippen LogP contribution in [0.3, 0.4) is 0 Å². The lowest BCUT2D eigenvalue weighted by atomic mass is 10.2. The molecule has 2 heterocycles. The normalized spacial score (nSPS) is 16.8. The minimum absolute atomic E-state index is 0.132. The van der Waals surface area contributed by atoms with Crippen molar-refractivity contribution in [1.82, 2.24) is 9.88 Å². The van der Waals surface area contributed by atoms with E-state index in [0.717, 1.165) is 5.56 Å². The number of benzene rings is 1. The molecule has 10 heteroatoms. The predicted octanol–water partition coefficient (Wildman–Crippen LogP) is 3.24. The number of rotatable bonds is 7. The zero-order chi connectivity index (χ0) is 20.1. The molecule has 0 unspecified atom stereocenters. The van der Waals surface area contributed by atoms with Crippen LogP contribution in [0.25, 0.3) is 6.08 Å². The Bertz CT molecular complexity index is 941. The Labute approximate surface area is 169 Å². The summed E-state index contributed by atoms with van der Waals surface area (Å²) in [5.41, 5.74) is 0.724. The molecule has 1 amide bonds. The van der Waals surface area contributed by atoms with Crippen LogP contribution in [-0.2, 0) is 9.59 Å². The van der Waals surface area contributed by atoms with Crippen LogP contribution in [0.1, 0.15) is 12.5 Å². The highest BCUT2D eigenvalue weighted by Crippen LogP contribution is 2.36. The van der Waals surface area contributed by atoms with E-state index in [4.69, 9.17) is 14.6 Å². The van der Waals surface area contributed by atoms with Gasteiger partial charge in [-0.25, -0.2) is 9.78 Å². The first-order valence-electron chi connectivity index (χ1n) is 8.24. The minimum atomic E-state index is -1.08. The molecule has 1 fully saturated rings. The maximum Gasteiger partial charge on any atom is 0.341 e. The molecule has 28 heavy (non-hydrogen) atoms. The van der Waals surface area contributed by atoms with Crippen molar-refractivity contribution in [2.24, 2.45) is 4.99 Å². The Morgan fingerprint density at radius 2 is 2.21 bits per heavy atom. The number of aromatic nitrogens is 1. The largest absolute Gasteiger partial charge is 0.493 e. The van der Waals surface area contributed by atoms with Crippen molar-refractivity contribution in [3.63, 3.8) is 0 Å². The van der Waals surface area contributed by atoms with E-state index in [9.17, 15) is 9.59 Å². The van der Waals surface area contributed by atoms with Gasteiger partial charge in [-0.1, -0.05) is 6.07 Å². The predicted molar refractivity (Wildman–Crippen MR) is 108 cm³/mol. The molecule has 1 aromatic carbocycles. The lowest BCUT2D eigenvalue weighted by molar-refractivity contribution is -0.139. The third-order valence-electron chi connectivity index (χ3n) is 3.65. The van der Waals surface area contributed by atoms with Gasteiger partial charge in [0.05, 0.1) is 12.0 Å². The van der Waals surface area contributed by atoms with Gasteiger partial charge in [-0.3, -0.25) is 9.69 Å². The Morgan fingerprint density at radius 1 is 1.39 bits per heavy atom. The maximum absolute atomic E-state index is 12.7. The van der Waals surface area contributed by atoms with Gasteiger partial charge in [0.25, 0.3) is 5.91 Å². The van der Waals surface area contributed by atoms with Crippen LogP contribution < -0.4 is 9.47 Å². The maximum atomic E-state index is 12.7. The summed E-state index contributed by atoms with van der Waals surface area (Å²) in [7, 11) is 1.47. The number of amidine groups is 1. The van der Waals surface area contributed by atoms with Crippen molar-refractivity contribution in [2.45, 2.75) is 6.92 Å². The second-order valence-corrected chi connectivity index (χ2v) is 7.34.